The molecule has 1 aliphatic carbocycles. The molecule has 5 nitrogen and oxygen atoms in total. The number of anilines is 1. The van der Waals surface area contributed by atoms with E-state index in [1.54, 1.807) is 24.6 Å². The second-order valence-electron chi connectivity index (χ2n) is 5.62. The van der Waals surface area contributed by atoms with E-state index in [1.807, 2.05) is 30.3 Å². The molecule has 2 aromatic heterocycles. The first kappa shape index (κ1) is 15.3. The summed E-state index contributed by atoms with van der Waals surface area (Å²) in [5, 5.41) is 7.92. The van der Waals surface area contributed by atoms with Crippen molar-refractivity contribution in [2.24, 2.45) is 0 Å². The molecular formula is C17H16N4OS2. The molecule has 122 valence electrons. The molecule has 2 unspecified atom stereocenters. The molecule has 1 aliphatic rings. The highest BCUT2D eigenvalue weighted by molar-refractivity contribution is 7.80. The maximum atomic E-state index is 5.41. The van der Waals surface area contributed by atoms with Crippen LogP contribution in [0.1, 0.15) is 18.0 Å². The van der Waals surface area contributed by atoms with Crippen molar-refractivity contribution in [2.45, 2.75) is 18.4 Å². The number of rotatable bonds is 4. The third kappa shape index (κ3) is 3.05. The summed E-state index contributed by atoms with van der Waals surface area (Å²) in [6, 6.07) is 12.1. The van der Waals surface area contributed by atoms with Crippen LogP contribution in [0.4, 0.5) is 5.13 Å². The molecule has 7 heteroatoms. The maximum Gasteiger partial charge on any atom is 0.190 e. The number of hydrogen-bond donors (Lipinski definition) is 2. The summed E-state index contributed by atoms with van der Waals surface area (Å²) in [5.74, 6) is 1.16. The van der Waals surface area contributed by atoms with Gasteiger partial charge in [-0.05, 0) is 42.9 Å². The second-order valence-corrected chi connectivity index (χ2v) is 7.06. The molecule has 0 radical (unpaired) electrons. The Morgan fingerprint density at radius 3 is 3.00 bits per heavy atom. The van der Waals surface area contributed by atoms with Crippen molar-refractivity contribution in [3.05, 3.63) is 48.3 Å². The van der Waals surface area contributed by atoms with Crippen LogP contribution < -0.4 is 15.4 Å². The summed E-state index contributed by atoms with van der Waals surface area (Å²) in [4.78, 5) is 8.98. The van der Waals surface area contributed by atoms with Gasteiger partial charge in [-0.2, -0.15) is 0 Å². The number of ether oxygens (including phenoxy) is 1. The van der Waals surface area contributed by atoms with Crippen LogP contribution in [-0.2, 0) is 0 Å². The van der Waals surface area contributed by atoms with E-state index in [0.29, 0.717) is 11.0 Å². The van der Waals surface area contributed by atoms with Gasteiger partial charge in [0.1, 0.15) is 5.75 Å². The zero-order chi connectivity index (χ0) is 16.5. The number of benzene rings is 1. The van der Waals surface area contributed by atoms with Gasteiger partial charge in [-0.1, -0.05) is 23.5 Å². The summed E-state index contributed by atoms with van der Waals surface area (Å²) >= 11 is 7.01. The predicted octanol–water partition coefficient (Wildman–Crippen LogP) is 3.54. The Morgan fingerprint density at radius 1 is 1.29 bits per heavy atom. The average molecular weight is 356 g/mol. The zero-order valence-electron chi connectivity index (χ0n) is 13.0. The monoisotopic (exact) mass is 356 g/mol. The van der Waals surface area contributed by atoms with Gasteiger partial charge >= 0.3 is 0 Å². The molecule has 0 aliphatic heterocycles. The van der Waals surface area contributed by atoms with Crippen LogP contribution >= 0.6 is 23.6 Å². The minimum atomic E-state index is 0.281. The van der Waals surface area contributed by atoms with Crippen LogP contribution in [0.3, 0.4) is 0 Å². The van der Waals surface area contributed by atoms with E-state index in [1.165, 1.54) is 0 Å². The van der Waals surface area contributed by atoms with Gasteiger partial charge in [0, 0.05) is 18.2 Å². The standard InChI is InChI=1S/C17H16N4OS2/c1-22-13-6-4-8-18-15(13)10-9-12(10)19-16(23)21-17-20-11-5-2-3-7-14(11)24-17/h2-8,10,12H,9H2,1H3,(H2,19,20,21,23). The number of nitrogens with zero attached hydrogens (tertiary/aromatic N) is 2. The van der Waals surface area contributed by atoms with Crippen LogP contribution in [0, 0.1) is 0 Å². The summed E-state index contributed by atoms with van der Waals surface area (Å²) in [7, 11) is 1.67. The van der Waals surface area contributed by atoms with Gasteiger partial charge in [0.2, 0.25) is 0 Å². The Hall–Kier alpha value is -2.25. The fourth-order valence-electron chi connectivity index (χ4n) is 2.74. The SMILES string of the molecule is COc1cccnc1C1CC1NC(=S)Nc1nc2ccccc2s1. The lowest BCUT2D eigenvalue weighted by Gasteiger charge is -2.09. The number of para-hydroxylation sites is 1. The Balaban J connectivity index is 1.39. The average Bonchev–Trinajstić information content (AvgIpc) is 3.22. The normalized spacial score (nSPS) is 19.0. The van der Waals surface area contributed by atoms with Crippen LogP contribution in [0.15, 0.2) is 42.6 Å². The lowest BCUT2D eigenvalue weighted by molar-refractivity contribution is 0.406. The number of pyridine rings is 1. The lowest BCUT2D eigenvalue weighted by atomic mass is 10.2. The lowest BCUT2D eigenvalue weighted by Crippen LogP contribution is -2.31. The molecule has 3 aromatic rings. The van der Waals surface area contributed by atoms with Crippen LogP contribution in [0.2, 0.25) is 0 Å². The van der Waals surface area contributed by atoms with Gasteiger partial charge in [-0.15, -0.1) is 0 Å². The quantitative estimate of drug-likeness (QED) is 0.697. The molecule has 24 heavy (non-hydrogen) atoms. The zero-order valence-corrected chi connectivity index (χ0v) is 14.7. The number of thiocarbonyl (C=S) groups is 1. The number of aromatic nitrogens is 2. The number of hydrogen-bond acceptors (Lipinski definition) is 5. The minimum Gasteiger partial charge on any atom is -0.495 e. The molecule has 1 aromatic carbocycles. The van der Waals surface area contributed by atoms with E-state index in [0.717, 1.165) is 33.2 Å². The smallest absolute Gasteiger partial charge is 0.190 e. The third-order valence-corrected chi connectivity index (χ3v) is 5.16. The summed E-state index contributed by atoms with van der Waals surface area (Å²) < 4.78 is 6.53. The molecule has 2 heterocycles. The number of fused-ring (bicyclic) bond motifs is 1. The summed E-state index contributed by atoms with van der Waals surface area (Å²) in [6.45, 7) is 0. The topological polar surface area (TPSA) is 59.1 Å². The van der Waals surface area contributed by atoms with E-state index in [9.17, 15) is 0 Å². The molecule has 1 saturated carbocycles. The fourth-order valence-corrected chi connectivity index (χ4v) is 3.92. The molecule has 2 N–H and O–H groups in total. The first-order valence-corrected chi connectivity index (χ1v) is 8.89. The Labute approximate surface area is 149 Å². The van der Waals surface area contributed by atoms with E-state index in [2.05, 4.69) is 26.7 Å². The van der Waals surface area contributed by atoms with Gasteiger partial charge in [0.25, 0.3) is 0 Å². The number of methoxy groups -OCH3 is 1. The first-order valence-electron chi connectivity index (χ1n) is 7.66. The van der Waals surface area contributed by atoms with Gasteiger partial charge in [-0.3, -0.25) is 4.98 Å². The molecule has 1 fully saturated rings. The molecular weight excluding hydrogens is 340 g/mol. The van der Waals surface area contributed by atoms with Crippen molar-refractivity contribution in [2.75, 3.05) is 12.4 Å². The molecule has 0 amide bonds. The van der Waals surface area contributed by atoms with Crippen molar-refractivity contribution in [3.63, 3.8) is 0 Å². The summed E-state index contributed by atoms with van der Waals surface area (Å²) in [5.41, 5.74) is 1.97. The molecule has 0 saturated heterocycles. The highest BCUT2D eigenvalue weighted by atomic mass is 32.1. The maximum absolute atomic E-state index is 5.41. The van der Waals surface area contributed by atoms with Crippen molar-refractivity contribution in [1.82, 2.24) is 15.3 Å². The van der Waals surface area contributed by atoms with Gasteiger partial charge < -0.3 is 15.4 Å². The van der Waals surface area contributed by atoms with E-state index >= 15 is 0 Å². The molecule has 4 rings (SSSR count). The Kier molecular flexibility index (Phi) is 4.03. The number of nitrogens with one attached hydrogen (secondary N) is 2. The Morgan fingerprint density at radius 2 is 2.17 bits per heavy atom. The van der Waals surface area contributed by atoms with Crippen molar-refractivity contribution in [3.8, 4) is 5.75 Å². The Bertz CT molecular complexity index is 862. The van der Waals surface area contributed by atoms with Gasteiger partial charge in [-0.25, -0.2) is 4.98 Å². The second kappa shape index (κ2) is 6.33. The highest BCUT2D eigenvalue weighted by Crippen LogP contribution is 2.43. The molecule has 0 spiro atoms. The van der Waals surface area contributed by atoms with Crippen LogP contribution in [-0.4, -0.2) is 28.2 Å². The highest BCUT2D eigenvalue weighted by Gasteiger charge is 2.41. The van der Waals surface area contributed by atoms with Gasteiger partial charge in [0.15, 0.2) is 10.2 Å². The third-order valence-electron chi connectivity index (χ3n) is 3.99. The van der Waals surface area contributed by atoms with E-state index in [4.69, 9.17) is 17.0 Å². The van der Waals surface area contributed by atoms with Crippen LogP contribution in [0.5, 0.6) is 5.75 Å². The fraction of sp³-hybridized carbons (Fsp3) is 0.235. The summed E-state index contributed by atoms with van der Waals surface area (Å²) in [6.07, 6.45) is 2.79. The van der Waals surface area contributed by atoms with Crippen molar-refractivity contribution >= 4 is 44.0 Å². The van der Waals surface area contributed by atoms with Crippen molar-refractivity contribution < 1.29 is 4.74 Å². The number of thiazole rings is 1. The van der Waals surface area contributed by atoms with E-state index < -0.39 is 0 Å². The van der Waals surface area contributed by atoms with E-state index in [-0.39, 0.29) is 6.04 Å². The first-order chi connectivity index (χ1) is 11.7. The van der Waals surface area contributed by atoms with Crippen LogP contribution in [0.25, 0.3) is 10.2 Å². The molecule has 2 atom stereocenters. The largest absolute Gasteiger partial charge is 0.495 e. The van der Waals surface area contributed by atoms with Crippen molar-refractivity contribution in [1.29, 1.82) is 0 Å². The predicted molar refractivity (Wildman–Crippen MR) is 101 cm³/mol. The minimum absolute atomic E-state index is 0.281. The van der Waals surface area contributed by atoms with Gasteiger partial charge in [0.05, 0.1) is 23.0 Å². The molecule has 0 bridgehead atoms.